The minimum Gasteiger partial charge on any atom is -0.322 e. The summed E-state index contributed by atoms with van der Waals surface area (Å²) in [6.45, 7) is 1.85. The van der Waals surface area contributed by atoms with E-state index in [1.54, 1.807) is 17.5 Å². The molecule has 0 radical (unpaired) electrons. The molecule has 0 aliphatic rings. The summed E-state index contributed by atoms with van der Waals surface area (Å²) in [6, 6.07) is 7.15. The maximum absolute atomic E-state index is 12.0. The topological polar surface area (TPSA) is 56.0 Å². The van der Waals surface area contributed by atoms with Gasteiger partial charge in [-0.15, -0.1) is 11.3 Å². The van der Waals surface area contributed by atoms with Crippen molar-refractivity contribution in [1.29, 1.82) is 0 Å². The molecule has 0 amide bonds. The van der Waals surface area contributed by atoms with E-state index in [0.717, 1.165) is 10.6 Å². The predicted molar refractivity (Wildman–Crippen MR) is 74.2 cm³/mol. The molecule has 2 N–H and O–H groups in total. The highest BCUT2D eigenvalue weighted by atomic mass is 35.5. The summed E-state index contributed by atoms with van der Waals surface area (Å²) >= 11 is 7.30. The lowest BCUT2D eigenvalue weighted by Crippen LogP contribution is -2.07. The number of benzene rings is 1. The van der Waals surface area contributed by atoms with Crippen LogP contribution in [0.5, 0.6) is 0 Å². The van der Waals surface area contributed by atoms with Crippen LogP contribution in [0.25, 0.3) is 0 Å². The van der Waals surface area contributed by atoms with Gasteiger partial charge in [0, 0.05) is 16.8 Å². The van der Waals surface area contributed by atoms with Crippen LogP contribution in [0.15, 0.2) is 29.6 Å². The number of hydrogen-bond acceptors (Lipinski definition) is 4. The molecular formula is C13H13ClN2OS. The van der Waals surface area contributed by atoms with Crippen molar-refractivity contribution in [1.82, 2.24) is 4.98 Å². The van der Waals surface area contributed by atoms with Crippen LogP contribution in [-0.4, -0.2) is 10.8 Å². The number of ketones is 1. The molecule has 5 heteroatoms. The Bertz CT molecular complexity index is 566. The zero-order valence-corrected chi connectivity index (χ0v) is 11.5. The minimum absolute atomic E-state index is 0.0135. The van der Waals surface area contributed by atoms with Crippen LogP contribution in [-0.2, 0) is 6.42 Å². The smallest absolute Gasteiger partial charge is 0.186 e. The van der Waals surface area contributed by atoms with E-state index in [4.69, 9.17) is 17.3 Å². The second-order valence-electron chi connectivity index (χ2n) is 4.09. The van der Waals surface area contributed by atoms with Gasteiger partial charge in [-0.2, -0.15) is 0 Å². The Morgan fingerprint density at radius 3 is 2.94 bits per heavy atom. The third kappa shape index (κ3) is 3.16. The van der Waals surface area contributed by atoms with Gasteiger partial charge in [0.25, 0.3) is 0 Å². The summed E-state index contributed by atoms with van der Waals surface area (Å²) in [6.07, 6.45) is 0.308. The Labute approximate surface area is 115 Å². The fraction of sp³-hybridized carbons (Fsp3) is 0.231. The number of rotatable bonds is 4. The van der Waals surface area contributed by atoms with Gasteiger partial charge in [-0.3, -0.25) is 4.79 Å². The fourth-order valence-corrected chi connectivity index (χ4v) is 2.54. The lowest BCUT2D eigenvalue weighted by atomic mass is 10.1. The Morgan fingerprint density at radius 1 is 1.56 bits per heavy atom. The molecule has 0 aliphatic carbocycles. The summed E-state index contributed by atoms with van der Waals surface area (Å²) in [5, 5.41) is 3.17. The van der Waals surface area contributed by atoms with E-state index in [0.29, 0.717) is 17.1 Å². The molecule has 3 nitrogen and oxygen atoms in total. The second kappa shape index (κ2) is 5.61. The van der Waals surface area contributed by atoms with Gasteiger partial charge in [-0.1, -0.05) is 23.7 Å². The van der Waals surface area contributed by atoms with Crippen molar-refractivity contribution in [3.8, 4) is 0 Å². The summed E-state index contributed by atoms with van der Waals surface area (Å²) in [5.74, 6) is -0.0135. The maximum atomic E-state index is 12.0. The average molecular weight is 281 g/mol. The number of halogens is 1. The number of thiazole rings is 1. The molecule has 0 saturated heterocycles. The van der Waals surface area contributed by atoms with Crippen LogP contribution >= 0.6 is 22.9 Å². The molecule has 0 spiro atoms. The van der Waals surface area contributed by atoms with Gasteiger partial charge in [-0.05, 0) is 24.6 Å². The number of Topliss-reactive ketones (excluding diaryl/α,β-unsaturated/α-hetero) is 1. The molecule has 0 bridgehead atoms. The predicted octanol–water partition coefficient (Wildman–Crippen LogP) is 3.24. The van der Waals surface area contributed by atoms with Gasteiger partial charge in [0.15, 0.2) is 5.78 Å². The number of nitrogens with two attached hydrogens (primary N) is 1. The molecule has 0 fully saturated rings. The highest BCUT2D eigenvalue weighted by Crippen LogP contribution is 2.18. The van der Waals surface area contributed by atoms with Crippen LogP contribution in [0.1, 0.15) is 34.0 Å². The Balaban J connectivity index is 2.12. The molecule has 0 aliphatic heterocycles. The molecule has 1 unspecified atom stereocenters. The number of hydrogen-bond donors (Lipinski definition) is 1. The minimum atomic E-state index is -0.136. The van der Waals surface area contributed by atoms with Gasteiger partial charge < -0.3 is 5.73 Å². The van der Waals surface area contributed by atoms with E-state index in [2.05, 4.69) is 4.98 Å². The van der Waals surface area contributed by atoms with E-state index >= 15 is 0 Å². The van der Waals surface area contributed by atoms with E-state index in [1.807, 2.05) is 19.1 Å². The number of nitrogens with zero attached hydrogens (tertiary/aromatic N) is 1. The first-order valence-corrected chi connectivity index (χ1v) is 6.80. The van der Waals surface area contributed by atoms with Gasteiger partial charge >= 0.3 is 0 Å². The molecule has 1 aromatic carbocycles. The second-order valence-corrected chi connectivity index (χ2v) is 5.42. The SMILES string of the molecule is CC(N)c1nc(C(=O)Cc2cccc(Cl)c2)cs1. The Kier molecular flexibility index (Phi) is 4.11. The number of carbonyl (C=O) groups is 1. The fourth-order valence-electron chi connectivity index (χ4n) is 1.55. The third-order valence-corrected chi connectivity index (χ3v) is 3.73. The van der Waals surface area contributed by atoms with Crippen molar-refractivity contribution in [2.45, 2.75) is 19.4 Å². The van der Waals surface area contributed by atoms with Crippen molar-refractivity contribution < 1.29 is 4.79 Å². The lowest BCUT2D eigenvalue weighted by molar-refractivity contribution is 0.0988. The van der Waals surface area contributed by atoms with Crippen molar-refractivity contribution in [2.24, 2.45) is 5.73 Å². The molecule has 94 valence electrons. The molecule has 18 heavy (non-hydrogen) atoms. The zero-order chi connectivity index (χ0) is 13.1. The summed E-state index contributed by atoms with van der Waals surface area (Å²) in [7, 11) is 0. The normalized spacial score (nSPS) is 12.4. The molecule has 1 atom stereocenters. The van der Waals surface area contributed by atoms with Crippen LogP contribution in [0.3, 0.4) is 0 Å². The number of aromatic nitrogens is 1. The number of carbonyl (C=O) groups excluding carboxylic acids is 1. The van der Waals surface area contributed by atoms with Crippen LogP contribution in [0.4, 0.5) is 0 Å². The molecule has 2 rings (SSSR count). The summed E-state index contributed by atoms with van der Waals surface area (Å²) in [4.78, 5) is 16.3. The standard InChI is InChI=1S/C13H13ClN2OS/c1-8(15)13-16-11(7-18-13)12(17)6-9-3-2-4-10(14)5-9/h2-5,7-8H,6,15H2,1H3. The van der Waals surface area contributed by atoms with Crippen molar-refractivity contribution in [3.05, 3.63) is 50.9 Å². The van der Waals surface area contributed by atoms with Gasteiger partial charge in [-0.25, -0.2) is 4.98 Å². The monoisotopic (exact) mass is 280 g/mol. The van der Waals surface area contributed by atoms with Crippen LogP contribution in [0, 0.1) is 0 Å². The maximum Gasteiger partial charge on any atom is 0.186 e. The molecule has 1 aromatic heterocycles. The van der Waals surface area contributed by atoms with Crippen molar-refractivity contribution in [3.63, 3.8) is 0 Å². The largest absolute Gasteiger partial charge is 0.322 e. The van der Waals surface area contributed by atoms with Gasteiger partial charge in [0.2, 0.25) is 0 Å². The first-order chi connectivity index (χ1) is 8.56. The highest BCUT2D eigenvalue weighted by Gasteiger charge is 2.13. The van der Waals surface area contributed by atoms with Crippen molar-refractivity contribution >= 4 is 28.7 Å². The summed E-state index contributed by atoms with van der Waals surface area (Å²) < 4.78 is 0. The lowest BCUT2D eigenvalue weighted by Gasteiger charge is -2.00. The zero-order valence-electron chi connectivity index (χ0n) is 9.89. The quantitative estimate of drug-likeness (QED) is 0.875. The first kappa shape index (κ1) is 13.2. The van der Waals surface area contributed by atoms with Gasteiger partial charge in [0.1, 0.15) is 10.7 Å². The highest BCUT2D eigenvalue weighted by molar-refractivity contribution is 7.09. The molecular weight excluding hydrogens is 268 g/mol. The van der Waals surface area contributed by atoms with E-state index in [-0.39, 0.29) is 11.8 Å². The molecule has 1 heterocycles. The van der Waals surface area contributed by atoms with E-state index < -0.39 is 0 Å². The first-order valence-electron chi connectivity index (χ1n) is 5.55. The van der Waals surface area contributed by atoms with E-state index in [9.17, 15) is 4.79 Å². The summed E-state index contributed by atoms with van der Waals surface area (Å²) in [5.41, 5.74) is 7.09. The van der Waals surface area contributed by atoms with Crippen molar-refractivity contribution in [2.75, 3.05) is 0 Å². The average Bonchev–Trinajstić information content (AvgIpc) is 2.78. The Hall–Kier alpha value is -1.23. The molecule has 0 saturated carbocycles. The molecule has 2 aromatic rings. The van der Waals surface area contributed by atoms with Crippen LogP contribution in [0.2, 0.25) is 5.02 Å². The Morgan fingerprint density at radius 2 is 2.33 bits per heavy atom. The van der Waals surface area contributed by atoms with Gasteiger partial charge in [0.05, 0.1) is 6.04 Å². The van der Waals surface area contributed by atoms with E-state index in [1.165, 1.54) is 11.3 Å². The third-order valence-electron chi connectivity index (χ3n) is 2.45. The van der Waals surface area contributed by atoms with Crippen LogP contribution < -0.4 is 5.73 Å².